The summed E-state index contributed by atoms with van der Waals surface area (Å²) >= 11 is 13.3. The van der Waals surface area contributed by atoms with Gasteiger partial charge >= 0.3 is 0 Å². The number of hydrogen-bond donors (Lipinski definition) is 2. The Bertz CT molecular complexity index is 1110. The number of carbonyl (C=O) groups excluding carboxylic acids is 3. The van der Waals surface area contributed by atoms with Crippen LogP contribution in [0.15, 0.2) is 44.2 Å². The molecule has 0 unspecified atom stereocenters. The summed E-state index contributed by atoms with van der Waals surface area (Å²) in [4.78, 5) is 38.4. The maximum absolute atomic E-state index is 12.7. The van der Waals surface area contributed by atoms with Gasteiger partial charge in [-0.3, -0.25) is 19.3 Å². The number of hydrogen-bond acceptors (Lipinski definition) is 6. The molecule has 0 atom stereocenters. The van der Waals surface area contributed by atoms with E-state index < -0.39 is 23.6 Å². The van der Waals surface area contributed by atoms with E-state index in [0.29, 0.717) is 31.8 Å². The summed E-state index contributed by atoms with van der Waals surface area (Å²) in [5.41, 5.74) is 0.984. The topological polar surface area (TPSA) is 95.9 Å². The first kappa shape index (κ1) is 23.6. The van der Waals surface area contributed by atoms with Crippen LogP contribution in [0.5, 0.6) is 11.5 Å². The summed E-state index contributed by atoms with van der Waals surface area (Å²) < 4.78 is 6.55. The van der Waals surface area contributed by atoms with Crippen molar-refractivity contribution in [3.63, 3.8) is 0 Å². The van der Waals surface area contributed by atoms with Gasteiger partial charge in [0.1, 0.15) is 6.54 Å². The molecule has 11 heteroatoms. The fraction of sp³-hybridized carbons (Fsp3) is 0.150. The van der Waals surface area contributed by atoms with Crippen molar-refractivity contribution in [2.75, 3.05) is 18.5 Å². The third kappa shape index (κ3) is 5.62. The van der Waals surface area contributed by atoms with Crippen LogP contribution in [0.3, 0.4) is 0 Å². The predicted molar refractivity (Wildman–Crippen MR) is 127 cm³/mol. The highest BCUT2D eigenvalue weighted by molar-refractivity contribution is 9.10. The first-order valence-corrected chi connectivity index (χ1v) is 11.6. The van der Waals surface area contributed by atoms with Gasteiger partial charge in [0.2, 0.25) is 5.91 Å². The zero-order valence-corrected chi connectivity index (χ0v) is 20.7. The van der Waals surface area contributed by atoms with Crippen LogP contribution in [0.25, 0.3) is 6.08 Å². The van der Waals surface area contributed by atoms with E-state index in [1.165, 1.54) is 12.1 Å². The number of anilines is 1. The van der Waals surface area contributed by atoms with Crippen LogP contribution in [0.4, 0.5) is 10.5 Å². The fourth-order valence-corrected chi connectivity index (χ4v) is 4.34. The summed E-state index contributed by atoms with van der Waals surface area (Å²) in [6.45, 7) is 1.69. The number of carbonyl (C=O) groups is 3. The van der Waals surface area contributed by atoms with Gasteiger partial charge in [0, 0.05) is 14.6 Å². The highest BCUT2D eigenvalue weighted by Gasteiger charge is 2.36. The van der Waals surface area contributed by atoms with E-state index in [0.717, 1.165) is 16.7 Å². The maximum Gasteiger partial charge on any atom is 0.294 e. The molecule has 0 spiro atoms. The van der Waals surface area contributed by atoms with Crippen molar-refractivity contribution in [1.82, 2.24) is 4.90 Å². The van der Waals surface area contributed by atoms with Crippen LogP contribution < -0.4 is 10.1 Å². The number of nitrogens with one attached hydrogen (secondary N) is 1. The summed E-state index contributed by atoms with van der Waals surface area (Å²) in [6.07, 6.45) is 1.50. The standard InChI is InChI=1S/C20H15Br2ClN2O5S/c1-2-30-16-5-10(13(22)8-15(16)26)6-17-19(28)25(20(29)31-17)9-18(27)24-11-3-4-12(21)14(23)7-11/h3-8,26H,2,9H2,1H3,(H,24,27)/b17-6-. The second kappa shape index (κ2) is 10.1. The van der Waals surface area contributed by atoms with Gasteiger partial charge in [-0.15, -0.1) is 0 Å². The molecule has 2 aromatic rings. The van der Waals surface area contributed by atoms with E-state index >= 15 is 0 Å². The third-order valence-corrected chi connectivity index (χ3v) is 6.87. The molecule has 0 saturated carbocycles. The van der Waals surface area contributed by atoms with Crippen molar-refractivity contribution in [3.05, 3.63) is 54.8 Å². The minimum Gasteiger partial charge on any atom is -0.504 e. The quantitative estimate of drug-likeness (QED) is 0.423. The van der Waals surface area contributed by atoms with Crippen LogP contribution in [-0.2, 0) is 9.59 Å². The number of phenols is 1. The monoisotopic (exact) mass is 588 g/mol. The Balaban J connectivity index is 1.75. The zero-order chi connectivity index (χ0) is 22.7. The Hall–Kier alpha value is -2.01. The molecule has 3 amide bonds. The second-order valence-corrected chi connectivity index (χ2v) is 9.33. The predicted octanol–water partition coefficient (Wildman–Crippen LogP) is 5.64. The van der Waals surface area contributed by atoms with E-state index in [9.17, 15) is 19.5 Å². The van der Waals surface area contributed by atoms with E-state index in [1.54, 1.807) is 31.2 Å². The van der Waals surface area contributed by atoms with Crippen molar-refractivity contribution in [2.24, 2.45) is 0 Å². The second-order valence-electron chi connectivity index (χ2n) is 6.22. The fourth-order valence-electron chi connectivity index (χ4n) is 2.64. The van der Waals surface area contributed by atoms with Gasteiger partial charge in [-0.2, -0.15) is 0 Å². The lowest BCUT2D eigenvalue weighted by Gasteiger charge is -2.13. The lowest BCUT2D eigenvalue weighted by molar-refractivity contribution is -0.127. The molecule has 0 radical (unpaired) electrons. The largest absolute Gasteiger partial charge is 0.504 e. The molecule has 31 heavy (non-hydrogen) atoms. The molecule has 1 saturated heterocycles. The van der Waals surface area contributed by atoms with Gasteiger partial charge in [0.15, 0.2) is 11.5 Å². The molecular weight excluding hydrogens is 576 g/mol. The SMILES string of the molecule is CCOc1cc(/C=C2\SC(=O)N(CC(=O)Nc3ccc(Br)c(Cl)c3)C2=O)c(Br)cc1O. The molecule has 1 heterocycles. The van der Waals surface area contributed by atoms with E-state index in [1.807, 2.05) is 0 Å². The van der Waals surface area contributed by atoms with Crippen LogP contribution in [0.2, 0.25) is 5.02 Å². The Kier molecular flexibility index (Phi) is 7.68. The molecule has 0 aromatic heterocycles. The Morgan fingerprint density at radius 3 is 2.68 bits per heavy atom. The summed E-state index contributed by atoms with van der Waals surface area (Å²) in [6, 6.07) is 7.86. The number of halogens is 3. The van der Waals surface area contributed by atoms with Crippen molar-refractivity contribution in [3.8, 4) is 11.5 Å². The maximum atomic E-state index is 12.7. The Morgan fingerprint density at radius 2 is 2.00 bits per heavy atom. The van der Waals surface area contributed by atoms with Crippen molar-refractivity contribution in [2.45, 2.75) is 6.92 Å². The lowest BCUT2D eigenvalue weighted by Crippen LogP contribution is -2.36. The minimum absolute atomic E-state index is 0.0521. The summed E-state index contributed by atoms with van der Waals surface area (Å²) in [5.74, 6) is -0.921. The number of ether oxygens (including phenoxy) is 1. The number of imide groups is 1. The van der Waals surface area contributed by atoms with Crippen molar-refractivity contribution >= 4 is 84.0 Å². The van der Waals surface area contributed by atoms with Gasteiger partial charge in [0.05, 0.1) is 16.5 Å². The molecule has 162 valence electrons. The van der Waals surface area contributed by atoms with Gasteiger partial charge in [-0.05, 0) is 76.6 Å². The molecule has 2 aromatic carbocycles. The molecule has 1 aliphatic rings. The molecule has 1 fully saturated rings. The smallest absolute Gasteiger partial charge is 0.294 e. The number of nitrogens with zero attached hydrogens (tertiary/aromatic N) is 1. The molecular formula is C20H15Br2ClN2O5S. The highest BCUT2D eigenvalue weighted by atomic mass is 79.9. The average Bonchev–Trinajstić information content (AvgIpc) is 2.96. The van der Waals surface area contributed by atoms with E-state index in [2.05, 4.69) is 37.2 Å². The average molecular weight is 591 g/mol. The molecule has 7 nitrogen and oxygen atoms in total. The van der Waals surface area contributed by atoms with Crippen LogP contribution in [-0.4, -0.2) is 40.2 Å². The highest BCUT2D eigenvalue weighted by Crippen LogP contribution is 2.37. The van der Waals surface area contributed by atoms with Crippen molar-refractivity contribution < 1.29 is 24.2 Å². The van der Waals surface area contributed by atoms with Gasteiger partial charge < -0.3 is 15.2 Å². The van der Waals surface area contributed by atoms with Gasteiger partial charge in [-0.25, -0.2) is 0 Å². The number of amides is 3. The zero-order valence-electron chi connectivity index (χ0n) is 15.9. The minimum atomic E-state index is -0.586. The third-order valence-electron chi connectivity index (χ3n) is 4.04. The van der Waals surface area contributed by atoms with Gasteiger partial charge in [0.25, 0.3) is 11.1 Å². The first-order chi connectivity index (χ1) is 14.7. The lowest BCUT2D eigenvalue weighted by atomic mass is 10.2. The Labute approximate surface area is 204 Å². The van der Waals surface area contributed by atoms with E-state index in [-0.39, 0.29) is 16.4 Å². The van der Waals surface area contributed by atoms with Gasteiger partial charge in [-0.1, -0.05) is 27.5 Å². The molecule has 0 bridgehead atoms. The number of aromatic hydroxyl groups is 1. The number of benzene rings is 2. The molecule has 0 aliphatic carbocycles. The van der Waals surface area contributed by atoms with Crippen molar-refractivity contribution in [1.29, 1.82) is 0 Å². The number of rotatable bonds is 6. The Morgan fingerprint density at radius 1 is 1.26 bits per heavy atom. The molecule has 2 N–H and O–H groups in total. The first-order valence-electron chi connectivity index (χ1n) is 8.85. The molecule has 3 rings (SSSR count). The molecule has 1 aliphatic heterocycles. The number of phenolic OH excluding ortho intramolecular Hbond substituents is 1. The summed E-state index contributed by atoms with van der Waals surface area (Å²) in [7, 11) is 0. The number of thioether (sulfide) groups is 1. The van der Waals surface area contributed by atoms with Crippen LogP contribution in [0.1, 0.15) is 12.5 Å². The normalized spacial score (nSPS) is 15.0. The summed E-state index contributed by atoms with van der Waals surface area (Å²) in [5, 5.41) is 12.4. The van der Waals surface area contributed by atoms with Crippen LogP contribution >= 0.6 is 55.2 Å². The van der Waals surface area contributed by atoms with Crippen LogP contribution in [0, 0.1) is 0 Å². The van der Waals surface area contributed by atoms with E-state index in [4.69, 9.17) is 16.3 Å².